The molecule has 0 saturated carbocycles. The minimum Gasteiger partial charge on any atom is -0.453 e. The number of para-hydroxylation sites is 1. The minimum atomic E-state index is -0.530. The van der Waals surface area contributed by atoms with Gasteiger partial charge in [-0.3, -0.25) is 4.79 Å². The molecule has 4 nitrogen and oxygen atoms in total. The largest absolute Gasteiger partial charge is 0.453 e. The number of carbonyl (C=O) groups is 2. The first-order valence-corrected chi connectivity index (χ1v) is 8.83. The molecule has 1 aliphatic heterocycles. The molecule has 124 valence electrons. The fraction of sp³-hybridized carbons (Fsp3) is 0.100. The number of hydrogen-bond donors (Lipinski definition) is 1. The number of anilines is 1. The number of carbonyl (C=O) groups excluding carboxylic acids is 2. The third-order valence-corrected chi connectivity index (χ3v) is 5.04. The van der Waals surface area contributed by atoms with E-state index in [0.717, 1.165) is 21.7 Å². The van der Waals surface area contributed by atoms with Gasteiger partial charge in [-0.05, 0) is 23.6 Å². The first kappa shape index (κ1) is 15.6. The van der Waals surface area contributed by atoms with E-state index in [0.29, 0.717) is 5.56 Å². The highest BCUT2D eigenvalue weighted by atomic mass is 32.1. The second-order valence-corrected chi connectivity index (χ2v) is 6.70. The van der Waals surface area contributed by atoms with Crippen LogP contribution in [0.4, 0.5) is 5.69 Å². The first-order valence-electron chi connectivity index (χ1n) is 7.95. The zero-order valence-electron chi connectivity index (χ0n) is 13.3. The second-order valence-electron chi connectivity index (χ2n) is 5.76. The number of fused-ring (bicyclic) bond motifs is 1. The van der Waals surface area contributed by atoms with Gasteiger partial charge in [0, 0.05) is 21.7 Å². The average Bonchev–Trinajstić information content (AvgIpc) is 3.25. The molecular formula is C20H15NO3S. The van der Waals surface area contributed by atoms with Crippen LogP contribution in [0.15, 0.2) is 66.0 Å². The van der Waals surface area contributed by atoms with Crippen LogP contribution < -0.4 is 5.32 Å². The molecule has 2 aromatic carbocycles. The molecule has 1 aliphatic rings. The maximum absolute atomic E-state index is 12.5. The van der Waals surface area contributed by atoms with Crippen LogP contribution in [0.2, 0.25) is 0 Å². The molecule has 1 aromatic heterocycles. The lowest BCUT2D eigenvalue weighted by molar-refractivity contribution is -0.118. The number of ether oxygens (including phenoxy) is 1. The predicted octanol–water partition coefficient (Wildman–Crippen LogP) is 4.66. The number of esters is 1. The highest BCUT2D eigenvalue weighted by molar-refractivity contribution is 7.13. The van der Waals surface area contributed by atoms with Crippen LogP contribution in [-0.4, -0.2) is 11.9 Å². The summed E-state index contributed by atoms with van der Waals surface area (Å²) in [4.78, 5) is 25.5. The Morgan fingerprint density at radius 1 is 1.00 bits per heavy atom. The Bertz CT molecular complexity index is 934. The quantitative estimate of drug-likeness (QED) is 0.697. The molecule has 1 N–H and O–H groups in total. The number of hydrogen-bond acceptors (Lipinski definition) is 4. The molecule has 4 rings (SSSR count). The molecule has 0 aliphatic carbocycles. The lowest BCUT2D eigenvalue weighted by Crippen LogP contribution is -2.16. The normalized spacial score (nSPS) is 15.5. The fourth-order valence-electron chi connectivity index (χ4n) is 2.98. The monoisotopic (exact) mass is 349 g/mol. The number of benzene rings is 2. The summed E-state index contributed by atoms with van der Waals surface area (Å²) in [5, 5.41) is 4.95. The van der Waals surface area contributed by atoms with Crippen molar-refractivity contribution in [3.8, 4) is 10.4 Å². The molecule has 1 atom stereocenters. The molecule has 0 fully saturated rings. The van der Waals surface area contributed by atoms with Crippen LogP contribution in [0.1, 0.15) is 28.4 Å². The molecule has 0 bridgehead atoms. The number of cyclic esters (lactones) is 1. The van der Waals surface area contributed by atoms with Gasteiger partial charge in [-0.1, -0.05) is 42.5 Å². The summed E-state index contributed by atoms with van der Waals surface area (Å²) in [5.41, 5.74) is 3.05. The van der Waals surface area contributed by atoms with E-state index in [1.807, 2.05) is 53.9 Å². The number of amides is 1. The van der Waals surface area contributed by atoms with Crippen molar-refractivity contribution in [2.24, 2.45) is 0 Å². The van der Waals surface area contributed by atoms with E-state index < -0.39 is 6.10 Å². The van der Waals surface area contributed by atoms with Crippen molar-refractivity contribution in [1.82, 2.24) is 0 Å². The van der Waals surface area contributed by atoms with Gasteiger partial charge in [-0.2, -0.15) is 0 Å². The lowest BCUT2D eigenvalue weighted by atomic mass is 10.0. The molecule has 0 radical (unpaired) electrons. The van der Waals surface area contributed by atoms with Crippen molar-refractivity contribution in [2.45, 2.75) is 12.5 Å². The third kappa shape index (κ3) is 3.06. The van der Waals surface area contributed by atoms with E-state index in [1.54, 1.807) is 23.5 Å². The van der Waals surface area contributed by atoms with E-state index in [1.165, 1.54) is 0 Å². The molecular weight excluding hydrogens is 334 g/mol. The summed E-state index contributed by atoms with van der Waals surface area (Å²) in [5.74, 6) is -0.550. The van der Waals surface area contributed by atoms with Gasteiger partial charge in [0.05, 0.1) is 12.0 Å². The summed E-state index contributed by atoms with van der Waals surface area (Å²) in [6.07, 6.45) is -0.431. The van der Waals surface area contributed by atoms with Gasteiger partial charge in [-0.15, -0.1) is 11.3 Å². The van der Waals surface area contributed by atoms with Gasteiger partial charge in [0.15, 0.2) is 0 Å². The predicted molar refractivity (Wildman–Crippen MR) is 97.6 cm³/mol. The number of rotatable bonds is 4. The van der Waals surface area contributed by atoms with Crippen molar-refractivity contribution in [1.29, 1.82) is 0 Å². The van der Waals surface area contributed by atoms with Crippen LogP contribution >= 0.6 is 11.3 Å². The standard InChI is InChI=1S/C20H15NO3S/c22-19(12-17-13-6-1-2-7-14(13)20(23)24-17)21-16-9-4-3-8-15(16)18-10-5-11-25-18/h1-11,17H,12H2,(H,21,22)/t17-/m0/s1. The van der Waals surface area contributed by atoms with E-state index in [9.17, 15) is 9.59 Å². The van der Waals surface area contributed by atoms with E-state index in [4.69, 9.17) is 4.74 Å². The molecule has 0 saturated heterocycles. The second kappa shape index (κ2) is 6.53. The number of thiophene rings is 1. The smallest absolute Gasteiger partial charge is 0.339 e. The topological polar surface area (TPSA) is 55.4 Å². The zero-order chi connectivity index (χ0) is 17.2. The lowest BCUT2D eigenvalue weighted by Gasteiger charge is -2.13. The van der Waals surface area contributed by atoms with Gasteiger partial charge in [0.25, 0.3) is 0 Å². The molecule has 25 heavy (non-hydrogen) atoms. The van der Waals surface area contributed by atoms with Gasteiger partial charge >= 0.3 is 5.97 Å². The Morgan fingerprint density at radius 2 is 1.76 bits per heavy atom. The zero-order valence-corrected chi connectivity index (χ0v) is 14.1. The maximum Gasteiger partial charge on any atom is 0.339 e. The third-order valence-electron chi connectivity index (χ3n) is 4.14. The minimum absolute atomic E-state index is 0.0987. The van der Waals surface area contributed by atoms with Crippen molar-refractivity contribution in [2.75, 3.05) is 5.32 Å². The SMILES string of the molecule is O=C(C[C@@H]1OC(=O)c2ccccc21)Nc1ccccc1-c1cccs1. The van der Waals surface area contributed by atoms with E-state index >= 15 is 0 Å². The highest BCUT2D eigenvalue weighted by Gasteiger charge is 2.32. The number of nitrogens with one attached hydrogen (secondary N) is 1. The van der Waals surface area contributed by atoms with Crippen molar-refractivity contribution in [3.63, 3.8) is 0 Å². The van der Waals surface area contributed by atoms with Gasteiger partial charge in [0.2, 0.25) is 5.91 Å². The highest BCUT2D eigenvalue weighted by Crippen LogP contribution is 2.34. The van der Waals surface area contributed by atoms with Crippen LogP contribution in [0.3, 0.4) is 0 Å². The van der Waals surface area contributed by atoms with Gasteiger partial charge < -0.3 is 10.1 Å². The summed E-state index contributed by atoms with van der Waals surface area (Å²) in [6, 6.07) is 18.9. The summed E-state index contributed by atoms with van der Waals surface area (Å²) >= 11 is 1.62. The Balaban J connectivity index is 1.52. The summed E-state index contributed by atoms with van der Waals surface area (Å²) < 4.78 is 5.34. The molecule has 5 heteroatoms. The summed E-state index contributed by atoms with van der Waals surface area (Å²) in [7, 11) is 0. The molecule has 0 spiro atoms. The average molecular weight is 349 g/mol. The van der Waals surface area contributed by atoms with E-state index in [-0.39, 0.29) is 18.3 Å². The van der Waals surface area contributed by atoms with Gasteiger partial charge in [-0.25, -0.2) is 4.79 Å². The van der Waals surface area contributed by atoms with Crippen molar-refractivity contribution < 1.29 is 14.3 Å². The Kier molecular flexibility index (Phi) is 4.07. The molecule has 1 amide bonds. The van der Waals surface area contributed by atoms with Crippen LogP contribution in [0, 0.1) is 0 Å². The maximum atomic E-state index is 12.5. The molecule has 2 heterocycles. The van der Waals surface area contributed by atoms with Crippen LogP contribution in [-0.2, 0) is 9.53 Å². The van der Waals surface area contributed by atoms with Crippen molar-refractivity contribution in [3.05, 3.63) is 77.2 Å². The van der Waals surface area contributed by atoms with Crippen LogP contribution in [0.25, 0.3) is 10.4 Å². The van der Waals surface area contributed by atoms with Crippen molar-refractivity contribution >= 4 is 28.9 Å². The fourth-order valence-corrected chi connectivity index (χ4v) is 3.75. The van der Waals surface area contributed by atoms with E-state index in [2.05, 4.69) is 5.32 Å². The molecule has 0 unspecified atom stereocenters. The summed E-state index contributed by atoms with van der Waals surface area (Å²) in [6.45, 7) is 0. The van der Waals surface area contributed by atoms with Crippen LogP contribution in [0.5, 0.6) is 0 Å². The van der Waals surface area contributed by atoms with Gasteiger partial charge in [0.1, 0.15) is 6.10 Å². The Morgan fingerprint density at radius 3 is 2.56 bits per heavy atom. The Hall–Kier alpha value is -2.92. The Labute approximate surface area is 149 Å². The first-order chi connectivity index (χ1) is 12.2. The molecule has 3 aromatic rings.